The minimum absolute atomic E-state index is 0.0588. The van der Waals surface area contributed by atoms with Crippen LogP contribution in [0.1, 0.15) is 12.5 Å². The van der Waals surface area contributed by atoms with Crippen LogP contribution in [0.2, 0.25) is 5.02 Å². The van der Waals surface area contributed by atoms with Gasteiger partial charge in [0, 0.05) is 5.39 Å². The van der Waals surface area contributed by atoms with Gasteiger partial charge in [0.1, 0.15) is 0 Å². The van der Waals surface area contributed by atoms with E-state index < -0.39 is 0 Å². The van der Waals surface area contributed by atoms with E-state index in [2.05, 4.69) is 6.92 Å². The fraction of sp³-hybridized carbons (Fsp3) is 0.105. The Bertz CT molecular complexity index is 868. The summed E-state index contributed by atoms with van der Waals surface area (Å²) in [4.78, 5) is 1.70. The highest BCUT2D eigenvalue weighted by molar-refractivity contribution is 6.34. The van der Waals surface area contributed by atoms with Gasteiger partial charge in [-0.05, 0) is 35.6 Å². The number of nitrogens with one attached hydrogen (secondary N) is 1. The molecule has 0 saturated heterocycles. The third-order valence-corrected chi connectivity index (χ3v) is 4.23. The summed E-state index contributed by atoms with van der Waals surface area (Å²) >= 11 is 6.40. The largest absolute Gasteiger partial charge is 0.369 e. The van der Waals surface area contributed by atoms with Crippen LogP contribution in [0.25, 0.3) is 10.8 Å². The molecule has 0 atom stereocenters. The summed E-state index contributed by atoms with van der Waals surface area (Å²) in [5, 5.41) is 10.8. The van der Waals surface area contributed by atoms with Crippen LogP contribution in [-0.4, -0.2) is 5.96 Å². The Labute approximate surface area is 140 Å². The van der Waals surface area contributed by atoms with Gasteiger partial charge in [0.15, 0.2) is 5.96 Å². The molecule has 3 nitrogen and oxygen atoms in total. The first-order valence-corrected chi connectivity index (χ1v) is 7.90. The van der Waals surface area contributed by atoms with Gasteiger partial charge >= 0.3 is 0 Å². The van der Waals surface area contributed by atoms with Crippen molar-refractivity contribution in [3.63, 3.8) is 0 Å². The monoisotopic (exact) mass is 323 g/mol. The summed E-state index contributed by atoms with van der Waals surface area (Å²) in [5.74, 6) is -0.0588. The molecule has 0 fully saturated rings. The van der Waals surface area contributed by atoms with Gasteiger partial charge in [-0.2, -0.15) is 0 Å². The van der Waals surface area contributed by atoms with Crippen molar-refractivity contribution in [1.82, 2.24) is 0 Å². The smallest absolute Gasteiger partial charge is 0.197 e. The number of nitrogens with two attached hydrogens (primary N) is 1. The number of aryl methyl sites for hydroxylation is 1. The predicted octanol–water partition coefficient (Wildman–Crippen LogP) is 5.09. The van der Waals surface area contributed by atoms with E-state index in [1.54, 1.807) is 4.90 Å². The molecule has 116 valence electrons. The van der Waals surface area contributed by atoms with Crippen LogP contribution in [0.4, 0.5) is 11.4 Å². The lowest BCUT2D eigenvalue weighted by Crippen LogP contribution is -2.32. The zero-order chi connectivity index (χ0) is 16.4. The molecule has 0 aliphatic rings. The summed E-state index contributed by atoms with van der Waals surface area (Å²) in [6.07, 6.45) is 0.894. The van der Waals surface area contributed by atoms with E-state index in [4.69, 9.17) is 22.7 Å². The number of benzene rings is 3. The molecular weight excluding hydrogens is 306 g/mol. The minimum atomic E-state index is -0.0588. The summed E-state index contributed by atoms with van der Waals surface area (Å²) in [5.41, 5.74) is 8.64. The normalized spacial score (nSPS) is 10.7. The highest BCUT2D eigenvalue weighted by atomic mass is 35.5. The van der Waals surface area contributed by atoms with E-state index >= 15 is 0 Å². The van der Waals surface area contributed by atoms with Crippen molar-refractivity contribution in [3.8, 4) is 0 Å². The summed E-state index contributed by atoms with van der Waals surface area (Å²) in [6, 6.07) is 19.9. The Morgan fingerprint density at radius 3 is 2.52 bits per heavy atom. The molecule has 0 amide bonds. The molecule has 0 heterocycles. The van der Waals surface area contributed by atoms with E-state index in [-0.39, 0.29) is 5.96 Å². The number of fused-ring (bicyclic) bond motifs is 1. The van der Waals surface area contributed by atoms with Gasteiger partial charge in [0.2, 0.25) is 0 Å². The van der Waals surface area contributed by atoms with E-state index in [1.807, 2.05) is 60.7 Å². The van der Waals surface area contributed by atoms with Crippen molar-refractivity contribution >= 4 is 39.7 Å². The average molecular weight is 324 g/mol. The molecule has 4 heteroatoms. The molecule has 0 spiro atoms. The Balaban J connectivity index is 2.25. The maximum absolute atomic E-state index is 8.07. The highest BCUT2D eigenvalue weighted by Crippen LogP contribution is 2.36. The lowest BCUT2D eigenvalue weighted by atomic mass is 10.1. The first-order chi connectivity index (χ1) is 11.1. The average Bonchev–Trinajstić information content (AvgIpc) is 2.57. The first-order valence-electron chi connectivity index (χ1n) is 7.52. The third-order valence-electron chi connectivity index (χ3n) is 3.91. The second kappa shape index (κ2) is 6.31. The summed E-state index contributed by atoms with van der Waals surface area (Å²) < 4.78 is 0. The molecule has 0 radical (unpaired) electrons. The van der Waals surface area contributed by atoms with Crippen molar-refractivity contribution in [3.05, 3.63) is 71.2 Å². The van der Waals surface area contributed by atoms with Gasteiger partial charge in [0.25, 0.3) is 0 Å². The number of hydrogen-bond acceptors (Lipinski definition) is 1. The Morgan fingerprint density at radius 1 is 1.04 bits per heavy atom. The van der Waals surface area contributed by atoms with E-state index in [0.29, 0.717) is 5.02 Å². The van der Waals surface area contributed by atoms with Crippen LogP contribution < -0.4 is 10.6 Å². The number of nitrogens with zero attached hydrogens (tertiary/aromatic N) is 1. The molecule has 3 aromatic rings. The molecule has 0 bridgehead atoms. The molecule has 23 heavy (non-hydrogen) atoms. The fourth-order valence-corrected chi connectivity index (χ4v) is 2.94. The number of rotatable bonds is 3. The summed E-state index contributed by atoms with van der Waals surface area (Å²) in [7, 11) is 0. The van der Waals surface area contributed by atoms with Crippen LogP contribution in [0, 0.1) is 5.41 Å². The van der Waals surface area contributed by atoms with E-state index in [1.165, 1.54) is 0 Å². The van der Waals surface area contributed by atoms with Gasteiger partial charge in [-0.15, -0.1) is 0 Å². The molecule has 0 unspecified atom stereocenters. The molecule has 3 rings (SSSR count). The van der Waals surface area contributed by atoms with Crippen LogP contribution in [-0.2, 0) is 6.42 Å². The third kappa shape index (κ3) is 2.88. The van der Waals surface area contributed by atoms with Crippen molar-refractivity contribution in [1.29, 1.82) is 5.41 Å². The molecule has 0 aliphatic heterocycles. The molecule has 0 saturated carbocycles. The zero-order valence-corrected chi connectivity index (χ0v) is 13.6. The van der Waals surface area contributed by atoms with Gasteiger partial charge < -0.3 is 5.73 Å². The maximum Gasteiger partial charge on any atom is 0.197 e. The number of anilines is 2. The van der Waals surface area contributed by atoms with E-state index in [0.717, 1.165) is 34.1 Å². The molecule has 3 N–H and O–H groups in total. The maximum atomic E-state index is 8.07. The zero-order valence-electron chi connectivity index (χ0n) is 12.9. The van der Waals surface area contributed by atoms with Gasteiger partial charge in [-0.1, -0.05) is 61.0 Å². The second-order valence-electron chi connectivity index (χ2n) is 5.36. The van der Waals surface area contributed by atoms with Gasteiger partial charge in [-0.25, -0.2) is 0 Å². The Hall–Kier alpha value is -2.52. The van der Waals surface area contributed by atoms with Crippen molar-refractivity contribution in [2.45, 2.75) is 13.3 Å². The Morgan fingerprint density at radius 2 is 1.78 bits per heavy atom. The molecular formula is C19H18ClN3. The highest BCUT2D eigenvalue weighted by Gasteiger charge is 2.18. The minimum Gasteiger partial charge on any atom is -0.369 e. The lowest BCUT2D eigenvalue weighted by Gasteiger charge is -2.26. The quantitative estimate of drug-likeness (QED) is 0.521. The SMILES string of the molecule is CCc1ccc(Cl)c(N(C(=N)N)c2cccc3ccccc23)c1. The number of hydrogen-bond donors (Lipinski definition) is 2. The standard InChI is InChI=1S/C19H18ClN3/c1-2-13-10-11-16(20)18(12-13)23(19(21)22)17-9-5-7-14-6-3-4-8-15(14)17/h3-12H,2H2,1H3,(H3,21,22). The second-order valence-corrected chi connectivity index (χ2v) is 5.77. The molecule has 0 aliphatic carbocycles. The number of guanidine groups is 1. The van der Waals surface area contributed by atoms with Crippen molar-refractivity contribution in [2.75, 3.05) is 4.90 Å². The van der Waals surface area contributed by atoms with Crippen LogP contribution in [0.3, 0.4) is 0 Å². The van der Waals surface area contributed by atoms with Crippen LogP contribution >= 0.6 is 11.6 Å². The molecule has 0 aromatic heterocycles. The van der Waals surface area contributed by atoms with Crippen molar-refractivity contribution < 1.29 is 0 Å². The predicted molar refractivity (Wildman–Crippen MR) is 98.8 cm³/mol. The fourth-order valence-electron chi connectivity index (χ4n) is 2.74. The summed E-state index contributed by atoms with van der Waals surface area (Å²) in [6.45, 7) is 2.09. The van der Waals surface area contributed by atoms with Gasteiger partial charge in [0.05, 0.1) is 16.4 Å². The topological polar surface area (TPSA) is 53.1 Å². The van der Waals surface area contributed by atoms with E-state index in [9.17, 15) is 0 Å². The number of halogens is 1. The Kier molecular flexibility index (Phi) is 4.22. The van der Waals surface area contributed by atoms with Crippen molar-refractivity contribution in [2.24, 2.45) is 5.73 Å². The van der Waals surface area contributed by atoms with Crippen LogP contribution in [0.5, 0.6) is 0 Å². The van der Waals surface area contributed by atoms with Crippen LogP contribution in [0.15, 0.2) is 60.7 Å². The molecule has 3 aromatic carbocycles. The van der Waals surface area contributed by atoms with Gasteiger partial charge in [-0.3, -0.25) is 10.3 Å². The lowest BCUT2D eigenvalue weighted by molar-refractivity contribution is 1.13. The first kappa shape index (κ1) is 15.4.